The Morgan fingerprint density at radius 1 is 0.923 bits per heavy atom. The zero-order valence-corrected chi connectivity index (χ0v) is 21.7. The molecule has 1 saturated carbocycles. The average Bonchev–Trinajstić information content (AvgIpc) is 3.67. The molecule has 10 heteroatoms. The first-order valence-electron chi connectivity index (χ1n) is 12.9. The fraction of sp³-hybridized carbons (Fsp3) is 0.345. The number of amides is 2. The summed E-state index contributed by atoms with van der Waals surface area (Å²) in [7, 11) is 2.05. The highest BCUT2D eigenvalue weighted by molar-refractivity contribution is 6.01. The number of pyridine rings is 1. The first-order chi connectivity index (χ1) is 18.6. The molecule has 0 spiro atoms. The maximum absolute atomic E-state index is 13.4. The second-order valence-corrected chi connectivity index (χ2v) is 10.4. The minimum absolute atomic E-state index is 0.0160. The van der Waals surface area contributed by atoms with Gasteiger partial charge in [-0.05, 0) is 68.3 Å². The van der Waals surface area contributed by atoms with Crippen molar-refractivity contribution in [2.45, 2.75) is 31.5 Å². The second-order valence-electron chi connectivity index (χ2n) is 10.4. The standard InChI is InChI=1S/C29H28F2N4O4/c1-18-3-10-24(32-25(18)19-4-6-20(7-5-19)26(36)35-15-13-34(2)14-16-35)33-27(37)28(11-12-28)21-8-9-22-23(17-21)39-29(30,31)38-22/h3-10,17H,11-16H2,1-2H3,(H,32,33,37). The highest BCUT2D eigenvalue weighted by Crippen LogP contribution is 2.52. The van der Waals surface area contributed by atoms with Crippen LogP contribution in [0.4, 0.5) is 14.6 Å². The number of aryl methyl sites for hydroxylation is 1. The quantitative estimate of drug-likeness (QED) is 0.521. The van der Waals surface area contributed by atoms with Crippen molar-refractivity contribution in [3.05, 3.63) is 71.3 Å². The summed E-state index contributed by atoms with van der Waals surface area (Å²) in [5, 5.41) is 2.91. The zero-order valence-electron chi connectivity index (χ0n) is 21.7. The molecule has 1 saturated heterocycles. The summed E-state index contributed by atoms with van der Waals surface area (Å²) in [4.78, 5) is 35.0. The minimum Gasteiger partial charge on any atom is -0.395 e. The number of likely N-dealkylation sites (N-methyl/N-ethyl adjacent to an activating group) is 1. The van der Waals surface area contributed by atoms with Gasteiger partial charge in [-0.15, -0.1) is 8.78 Å². The van der Waals surface area contributed by atoms with E-state index >= 15 is 0 Å². The number of piperazine rings is 1. The van der Waals surface area contributed by atoms with E-state index in [1.54, 1.807) is 12.1 Å². The molecule has 6 rings (SSSR count). The number of carbonyl (C=O) groups excluding carboxylic acids is 2. The largest absolute Gasteiger partial charge is 0.586 e. The predicted octanol–water partition coefficient (Wildman–Crippen LogP) is 4.44. The number of aromatic nitrogens is 1. The monoisotopic (exact) mass is 534 g/mol. The Kier molecular flexibility index (Phi) is 6.02. The van der Waals surface area contributed by atoms with E-state index < -0.39 is 11.7 Å². The van der Waals surface area contributed by atoms with E-state index in [1.165, 1.54) is 12.1 Å². The first-order valence-corrected chi connectivity index (χ1v) is 12.9. The lowest BCUT2D eigenvalue weighted by molar-refractivity contribution is -0.286. The topological polar surface area (TPSA) is 84.0 Å². The van der Waals surface area contributed by atoms with Crippen LogP contribution in [0.3, 0.4) is 0 Å². The van der Waals surface area contributed by atoms with Gasteiger partial charge in [0.2, 0.25) is 5.91 Å². The van der Waals surface area contributed by atoms with E-state index in [0.29, 0.717) is 48.6 Å². The van der Waals surface area contributed by atoms with Crippen LogP contribution in [-0.2, 0) is 10.2 Å². The van der Waals surface area contributed by atoms with Crippen molar-refractivity contribution in [3.63, 3.8) is 0 Å². The van der Waals surface area contributed by atoms with Gasteiger partial charge in [0, 0.05) is 37.3 Å². The van der Waals surface area contributed by atoms with Gasteiger partial charge in [-0.3, -0.25) is 9.59 Å². The van der Waals surface area contributed by atoms with E-state index in [1.807, 2.05) is 49.2 Å². The molecule has 3 heterocycles. The number of nitrogens with zero attached hydrogens (tertiary/aromatic N) is 3. The van der Waals surface area contributed by atoms with E-state index in [0.717, 1.165) is 24.2 Å². The fourth-order valence-electron chi connectivity index (χ4n) is 5.11. The Morgan fingerprint density at radius 3 is 2.31 bits per heavy atom. The summed E-state index contributed by atoms with van der Waals surface area (Å²) >= 11 is 0. The van der Waals surface area contributed by atoms with Gasteiger partial charge in [-0.2, -0.15) is 0 Å². The van der Waals surface area contributed by atoms with Crippen LogP contribution in [0.25, 0.3) is 11.3 Å². The van der Waals surface area contributed by atoms with Crippen molar-refractivity contribution in [2.75, 3.05) is 38.5 Å². The number of alkyl halides is 2. The predicted molar refractivity (Wildman–Crippen MR) is 140 cm³/mol. The van der Waals surface area contributed by atoms with Crippen LogP contribution >= 0.6 is 0 Å². The molecule has 2 fully saturated rings. The molecular formula is C29H28F2N4O4. The Balaban J connectivity index is 1.18. The molecule has 8 nitrogen and oxygen atoms in total. The zero-order chi connectivity index (χ0) is 27.4. The van der Waals surface area contributed by atoms with Crippen molar-refractivity contribution >= 4 is 17.6 Å². The van der Waals surface area contributed by atoms with Crippen LogP contribution in [-0.4, -0.2) is 66.1 Å². The van der Waals surface area contributed by atoms with Gasteiger partial charge >= 0.3 is 6.29 Å². The molecule has 3 aliphatic rings. The Morgan fingerprint density at radius 2 is 1.62 bits per heavy atom. The maximum atomic E-state index is 13.4. The smallest absolute Gasteiger partial charge is 0.395 e. The Bertz CT molecular complexity index is 1450. The average molecular weight is 535 g/mol. The SMILES string of the molecule is Cc1ccc(NC(=O)C2(c3ccc4c(c3)OC(F)(F)O4)CC2)nc1-c1ccc(C(=O)N2CCN(C)CC2)cc1. The molecule has 1 N–H and O–H groups in total. The number of anilines is 1. The summed E-state index contributed by atoms with van der Waals surface area (Å²) < 4.78 is 35.9. The summed E-state index contributed by atoms with van der Waals surface area (Å²) in [6, 6.07) is 15.4. The van der Waals surface area contributed by atoms with Crippen LogP contribution in [0.1, 0.15) is 34.3 Å². The number of hydrogen-bond donors (Lipinski definition) is 1. The van der Waals surface area contributed by atoms with E-state index in [-0.39, 0.29) is 23.3 Å². The van der Waals surface area contributed by atoms with Gasteiger partial charge in [0.25, 0.3) is 5.91 Å². The van der Waals surface area contributed by atoms with Crippen molar-refractivity contribution < 1.29 is 27.8 Å². The molecule has 2 aromatic carbocycles. The van der Waals surface area contributed by atoms with Crippen LogP contribution < -0.4 is 14.8 Å². The molecule has 2 aliphatic heterocycles. The lowest BCUT2D eigenvalue weighted by Gasteiger charge is -2.32. The maximum Gasteiger partial charge on any atom is 0.586 e. The van der Waals surface area contributed by atoms with Gasteiger partial charge in [0.1, 0.15) is 5.82 Å². The number of carbonyl (C=O) groups is 2. The number of rotatable bonds is 5. The first kappa shape index (κ1) is 25.2. The summed E-state index contributed by atoms with van der Waals surface area (Å²) in [6.07, 6.45) is -2.55. The fourth-order valence-corrected chi connectivity index (χ4v) is 5.11. The Labute approximate surface area is 224 Å². The Hall–Kier alpha value is -4.05. The molecular weight excluding hydrogens is 506 g/mol. The van der Waals surface area contributed by atoms with Gasteiger partial charge in [0.15, 0.2) is 11.5 Å². The summed E-state index contributed by atoms with van der Waals surface area (Å²) in [5.74, 6) is 0.00512. The molecule has 0 bridgehead atoms. The number of nitrogens with one attached hydrogen (secondary N) is 1. The van der Waals surface area contributed by atoms with Crippen LogP contribution in [0.2, 0.25) is 0 Å². The third-order valence-electron chi connectivity index (χ3n) is 7.67. The van der Waals surface area contributed by atoms with Gasteiger partial charge in [-0.25, -0.2) is 4.98 Å². The van der Waals surface area contributed by atoms with Crippen molar-refractivity contribution in [3.8, 4) is 22.8 Å². The summed E-state index contributed by atoms with van der Waals surface area (Å²) in [6.45, 7) is 5.07. The molecule has 2 amide bonds. The van der Waals surface area contributed by atoms with Crippen molar-refractivity contribution in [1.82, 2.24) is 14.8 Å². The number of hydrogen-bond acceptors (Lipinski definition) is 6. The molecule has 0 radical (unpaired) electrons. The number of ether oxygens (including phenoxy) is 2. The lowest BCUT2D eigenvalue weighted by atomic mass is 9.94. The van der Waals surface area contributed by atoms with Crippen molar-refractivity contribution in [1.29, 1.82) is 0 Å². The minimum atomic E-state index is -3.71. The van der Waals surface area contributed by atoms with E-state index in [9.17, 15) is 18.4 Å². The van der Waals surface area contributed by atoms with Gasteiger partial charge < -0.3 is 24.6 Å². The van der Waals surface area contributed by atoms with E-state index in [2.05, 4.69) is 19.7 Å². The number of benzene rings is 2. The van der Waals surface area contributed by atoms with Crippen LogP contribution in [0.15, 0.2) is 54.6 Å². The highest BCUT2D eigenvalue weighted by Gasteiger charge is 2.53. The third-order valence-corrected chi connectivity index (χ3v) is 7.67. The lowest BCUT2D eigenvalue weighted by Crippen LogP contribution is -2.47. The summed E-state index contributed by atoms with van der Waals surface area (Å²) in [5.41, 5.74) is 2.83. The molecule has 202 valence electrons. The highest BCUT2D eigenvalue weighted by atomic mass is 19.3. The number of halogens is 2. The van der Waals surface area contributed by atoms with Gasteiger partial charge in [-0.1, -0.05) is 24.3 Å². The van der Waals surface area contributed by atoms with Crippen LogP contribution in [0.5, 0.6) is 11.5 Å². The second kappa shape index (κ2) is 9.30. The van der Waals surface area contributed by atoms with Gasteiger partial charge in [0.05, 0.1) is 11.1 Å². The molecule has 1 aromatic heterocycles. The molecule has 0 atom stereocenters. The van der Waals surface area contributed by atoms with E-state index in [4.69, 9.17) is 4.98 Å². The third kappa shape index (κ3) is 4.80. The molecule has 3 aromatic rings. The molecule has 0 unspecified atom stereocenters. The van der Waals surface area contributed by atoms with Crippen molar-refractivity contribution in [2.24, 2.45) is 0 Å². The molecule has 1 aliphatic carbocycles. The number of fused-ring (bicyclic) bond motifs is 1. The molecule has 39 heavy (non-hydrogen) atoms. The normalized spacial score (nSPS) is 19.0. The van der Waals surface area contributed by atoms with Crippen LogP contribution in [0, 0.1) is 6.92 Å².